The summed E-state index contributed by atoms with van der Waals surface area (Å²) >= 11 is 3.49. The lowest BCUT2D eigenvalue weighted by Gasteiger charge is -2.11. The number of halogens is 1. The summed E-state index contributed by atoms with van der Waals surface area (Å²) in [6.07, 6.45) is 3.84. The highest BCUT2D eigenvalue weighted by atomic mass is 79.9. The number of rotatable bonds is 5. The van der Waals surface area contributed by atoms with Gasteiger partial charge >= 0.3 is 0 Å². The second-order valence-corrected chi connectivity index (χ2v) is 7.11. The fourth-order valence-corrected chi connectivity index (χ4v) is 2.72. The van der Waals surface area contributed by atoms with Gasteiger partial charge in [-0.1, -0.05) is 63.5 Å². The number of aliphatic imine (C=N–C) groups is 1. The molecule has 3 rings (SSSR count). The molecule has 0 aliphatic carbocycles. The highest BCUT2D eigenvalue weighted by molar-refractivity contribution is 9.10. The van der Waals surface area contributed by atoms with Crippen LogP contribution >= 0.6 is 15.9 Å². The standard InChI is InChI=1S/C23H21BrN2/c1-17-3-11-21(12-4-17)25-16-15-23(19-7-9-20(24)10-8-19)26-22-13-5-18(2)6-14-22/h3-16,26H,1-2H3. The Morgan fingerprint density at radius 1 is 0.808 bits per heavy atom. The zero-order chi connectivity index (χ0) is 18.4. The minimum absolute atomic E-state index is 0.942. The van der Waals surface area contributed by atoms with Gasteiger partial charge in [0.25, 0.3) is 0 Å². The van der Waals surface area contributed by atoms with Crippen molar-refractivity contribution >= 4 is 39.2 Å². The van der Waals surface area contributed by atoms with Crippen molar-refractivity contribution in [2.75, 3.05) is 5.32 Å². The van der Waals surface area contributed by atoms with E-state index in [0.717, 1.165) is 27.1 Å². The highest BCUT2D eigenvalue weighted by Gasteiger charge is 2.02. The smallest absolute Gasteiger partial charge is 0.0629 e. The molecule has 0 spiro atoms. The Labute approximate surface area is 163 Å². The van der Waals surface area contributed by atoms with E-state index in [2.05, 4.69) is 88.6 Å². The second-order valence-electron chi connectivity index (χ2n) is 6.19. The summed E-state index contributed by atoms with van der Waals surface area (Å²) in [5.74, 6) is 0. The lowest BCUT2D eigenvalue weighted by atomic mass is 10.1. The van der Waals surface area contributed by atoms with Gasteiger partial charge in [0.2, 0.25) is 0 Å². The summed E-state index contributed by atoms with van der Waals surface area (Å²) in [6.45, 7) is 4.16. The Kier molecular flexibility index (Phi) is 6.03. The molecule has 0 saturated carbocycles. The van der Waals surface area contributed by atoms with Crippen LogP contribution in [-0.4, -0.2) is 6.21 Å². The van der Waals surface area contributed by atoms with Crippen LogP contribution in [0, 0.1) is 13.8 Å². The molecule has 130 valence electrons. The van der Waals surface area contributed by atoms with E-state index in [-0.39, 0.29) is 0 Å². The number of hydrogen-bond donors (Lipinski definition) is 1. The topological polar surface area (TPSA) is 24.4 Å². The second kappa shape index (κ2) is 8.63. The molecule has 3 heteroatoms. The maximum atomic E-state index is 4.54. The largest absolute Gasteiger partial charge is 0.355 e. The summed E-state index contributed by atoms with van der Waals surface area (Å²) in [7, 11) is 0. The molecule has 0 heterocycles. The number of hydrogen-bond acceptors (Lipinski definition) is 2. The first kappa shape index (κ1) is 18.2. The normalized spacial score (nSPS) is 11.7. The zero-order valence-corrected chi connectivity index (χ0v) is 16.5. The monoisotopic (exact) mass is 404 g/mol. The third-order valence-corrected chi connectivity index (χ3v) is 4.51. The summed E-state index contributed by atoms with van der Waals surface area (Å²) in [4.78, 5) is 4.54. The molecule has 3 aromatic rings. The molecule has 0 saturated heterocycles. The molecule has 0 atom stereocenters. The molecule has 0 aromatic heterocycles. The number of nitrogens with one attached hydrogen (secondary N) is 1. The van der Waals surface area contributed by atoms with Crippen molar-refractivity contribution in [2.45, 2.75) is 13.8 Å². The Balaban J connectivity index is 1.87. The fourth-order valence-electron chi connectivity index (χ4n) is 2.46. The van der Waals surface area contributed by atoms with Gasteiger partial charge in [-0.05, 0) is 61.9 Å². The van der Waals surface area contributed by atoms with Gasteiger partial charge < -0.3 is 5.32 Å². The first-order chi connectivity index (χ1) is 12.6. The first-order valence-corrected chi connectivity index (χ1v) is 9.30. The van der Waals surface area contributed by atoms with Crippen LogP contribution in [0.1, 0.15) is 16.7 Å². The van der Waals surface area contributed by atoms with Crippen LogP contribution in [-0.2, 0) is 0 Å². The average molecular weight is 405 g/mol. The van der Waals surface area contributed by atoms with Crippen molar-refractivity contribution in [3.63, 3.8) is 0 Å². The number of aryl methyl sites for hydroxylation is 2. The number of benzene rings is 3. The summed E-state index contributed by atoms with van der Waals surface area (Å²) in [5.41, 5.74) is 6.56. The Morgan fingerprint density at radius 3 is 2.00 bits per heavy atom. The van der Waals surface area contributed by atoms with Crippen LogP contribution < -0.4 is 5.32 Å². The predicted octanol–water partition coefficient (Wildman–Crippen LogP) is 6.92. The van der Waals surface area contributed by atoms with E-state index in [1.54, 1.807) is 0 Å². The third kappa shape index (κ3) is 5.17. The molecule has 0 radical (unpaired) electrons. The fraction of sp³-hybridized carbons (Fsp3) is 0.0870. The van der Waals surface area contributed by atoms with Gasteiger partial charge in [-0.15, -0.1) is 0 Å². The molecular formula is C23H21BrN2. The van der Waals surface area contributed by atoms with Gasteiger partial charge in [-0.25, -0.2) is 0 Å². The van der Waals surface area contributed by atoms with E-state index in [1.807, 2.05) is 36.6 Å². The highest BCUT2D eigenvalue weighted by Crippen LogP contribution is 2.21. The summed E-state index contributed by atoms with van der Waals surface area (Å²) in [6, 6.07) is 24.8. The van der Waals surface area contributed by atoms with E-state index in [0.29, 0.717) is 0 Å². The summed E-state index contributed by atoms with van der Waals surface area (Å²) in [5, 5.41) is 3.49. The maximum Gasteiger partial charge on any atom is 0.0629 e. The molecule has 1 N–H and O–H groups in total. The number of anilines is 1. The lowest BCUT2D eigenvalue weighted by molar-refractivity contribution is 1.44. The van der Waals surface area contributed by atoms with Crippen molar-refractivity contribution in [3.05, 3.63) is 100 Å². The average Bonchev–Trinajstić information content (AvgIpc) is 2.65. The molecular weight excluding hydrogens is 384 g/mol. The van der Waals surface area contributed by atoms with Gasteiger partial charge in [0.1, 0.15) is 0 Å². The molecule has 0 amide bonds. The molecule has 2 nitrogen and oxygen atoms in total. The van der Waals surface area contributed by atoms with Gasteiger partial charge in [-0.2, -0.15) is 0 Å². The van der Waals surface area contributed by atoms with Gasteiger partial charge in [0.15, 0.2) is 0 Å². The molecule has 0 aliphatic heterocycles. The van der Waals surface area contributed by atoms with Crippen molar-refractivity contribution in [2.24, 2.45) is 4.99 Å². The van der Waals surface area contributed by atoms with Crippen LogP contribution in [0.5, 0.6) is 0 Å². The van der Waals surface area contributed by atoms with Gasteiger partial charge in [-0.3, -0.25) is 4.99 Å². The van der Waals surface area contributed by atoms with Gasteiger partial charge in [0.05, 0.1) is 5.69 Å². The third-order valence-electron chi connectivity index (χ3n) is 3.98. The van der Waals surface area contributed by atoms with E-state index >= 15 is 0 Å². The molecule has 3 aromatic carbocycles. The molecule has 0 fully saturated rings. The van der Waals surface area contributed by atoms with Crippen LogP contribution in [0.25, 0.3) is 5.70 Å². The van der Waals surface area contributed by atoms with E-state index in [4.69, 9.17) is 0 Å². The van der Waals surface area contributed by atoms with Crippen molar-refractivity contribution < 1.29 is 0 Å². The van der Waals surface area contributed by atoms with Crippen LogP contribution in [0.4, 0.5) is 11.4 Å². The molecule has 0 unspecified atom stereocenters. The lowest BCUT2D eigenvalue weighted by Crippen LogP contribution is -1.99. The van der Waals surface area contributed by atoms with Crippen LogP contribution in [0.3, 0.4) is 0 Å². The molecule has 0 aliphatic rings. The number of allylic oxidation sites excluding steroid dienone is 1. The first-order valence-electron chi connectivity index (χ1n) is 8.51. The van der Waals surface area contributed by atoms with Gasteiger partial charge in [0, 0.05) is 22.1 Å². The quantitative estimate of drug-likeness (QED) is 0.458. The minimum Gasteiger partial charge on any atom is -0.355 e. The van der Waals surface area contributed by atoms with Crippen molar-refractivity contribution in [3.8, 4) is 0 Å². The Morgan fingerprint density at radius 2 is 1.38 bits per heavy atom. The van der Waals surface area contributed by atoms with E-state index in [9.17, 15) is 0 Å². The predicted molar refractivity (Wildman–Crippen MR) is 116 cm³/mol. The molecule has 0 bridgehead atoms. The zero-order valence-electron chi connectivity index (χ0n) is 14.9. The Bertz CT molecular complexity index is 906. The summed E-state index contributed by atoms with van der Waals surface area (Å²) < 4.78 is 1.06. The minimum atomic E-state index is 0.942. The van der Waals surface area contributed by atoms with Crippen LogP contribution in [0.15, 0.2) is 88.3 Å². The van der Waals surface area contributed by atoms with E-state index in [1.165, 1.54) is 11.1 Å². The van der Waals surface area contributed by atoms with Crippen LogP contribution in [0.2, 0.25) is 0 Å². The van der Waals surface area contributed by atoms with Crippen molar-refractivity contribution in [1.82, 2.24) is 0 Å². The van der Waals surface area contributed by atoms with Crippen molar-refractivity contribution in [1.29, 1.82) is 0 Å². The maximum absolute atomic E-state index is 4.54. The molecule has 26 heavy (non-hydrogen) atoms. The SMILES string of the molecule is Cc1ccc(N=CC=C(Nc2ccc(C)cc2)c2ccc(Br)cc2)cc1. The Hall–Kier alpha value is -2.65. The number of nitrogens with zero attached hydrogens (tertiary/aromatic N) is 1. The van der Waals surface area contributed by atoms with E-state index < -0.39 is 0 Å².